The summed E-state index contributed by atoms with van der Waals surface area (Å²) in [6, 6.07) is 17.5. The summed E-state index contributed by atoms with van der Waals surface area (Å²) in [5, 5.41) is 3.76. The Kier molecular flexibility index (Phi) is 5.05. The van der Waals surface area contributed by atoms with Gasteiger partial charge in [-0.1, -0.05) is 50.2 Å². The molecule has 0 bridgehead atoms. The van der Waals surface area contributed by atoms with Crippen molar-refractivity contribution in [3.8, 4) is 11.4 Å². The molecule has 3 aromatic rings. The standard InChI is InChI=1S/C22H28N4/c1-3-26-13-12-19(16(2)15-26)23-14-17-8-10-18(11-9-17)22-24-20-6-4-5-7-21(20)25-22/h4-11,16,19,23H,3,12-15H2,1-2H3,(H,24,25)/t16-,19-/m1/s1. The van der Waals surface area contributed by atoms with Gasteiger partial charge in [0.15, 0.2) is 0 Å². The van der Waals surface area contributed by atoms with Gasteiger partial charge in [-0.15, -0.1) is 0 Å². The van der Waals surface area contributed by atoms with E-state index in [0.29, 0.717) is 12.0 Å². The number of imidazole rings is 1. The average molecular weight is 348 g/mol. The van der Waals surface area contributed by atoms with Crippen LogP contribution >= 0.6 is 0 Å². The van der Waals surface area contributed by atoms with Crippen molar-refractivity contribution in [3.63, 3.8) is 0 Å². The van der Waals surface area contributed by atoms with Crippen LogP contribution in [0.3, 0.4) is 0 Å². The molecule has 0 spiro atoms. The number of likely N-dealkylation sites (tertiary alicyclic amines) is 1. The van der Waals surface area contributed by atoms with E-state index in [9.17, 15) is 0 Å². The second kappa shape index (κ2) is 7.60. The molecule has 4 rings (SSSR count). The predicted molar refractivity (Wildman–Crippen MR) is 108 cm³/mol. The second-order valence-electron chi connectivity index (χ2n) is 7.45. The maximum Gasteiger partial charge on any atom is 0.138 e. The molecule has 2 N–H and O–H groups in total. The maximum atomic E-state index is 4.68. The second-order valence-corrected chi connectivity index (χ2v) is 7.45. The average Bonchev–Trinajstić information content (AvgIpc) is 3.11. The van der Waals surface area contributed by atoms with Crippen molar-refractivity contribution in [1.29, 1.82) is 0 Å². The lowest BCUT2D eigenvalue weighted by Crippen LogP contribution is -2.47. The van der Waals surface area contributed by atoms with Crippen LogP contribution in [0.25, 0.3) is 22.4 Å². The number of piperidine rings is 1. The number of aromatic amines is 1. The van der Waals surface area contributed by atoms with E-state index in [2.05, 4.69) is 64.4 Å². The van der Waals surface area contributed by atoms with Gasteiger partial charge in [-0.2, -0.15) is 0 Å². The first kappa shape index (κ1) is 17.3. The van der Waals surface area contributed by atoms with E-state index >= 15 is 0 Å². The Balaban J connectivity index is 1.39. The van der Waals surface area contributed by atoms with Gasteiger partial charge in [-0.3, -0.25) is 0 Å². The molecule has 136 valence electrons. The Bertz CT molecular complexity index is 819. The van der Waals surface area contributed by atoms with E-state index in [1.54, 1.807) is 0 Å². The van der Waals surface area contributed by atoms with E-state index in [-0.39, 0.29) is 0 Å². The fraction of sp³-hybridized carbons (Fsp3) is 0.409. The summed E-state index contributed by atoms with van der Waals surface area (Å²) >= 11 is 0. The molecule has 1 saturated heterocycles. The molecule has 0 saturated carbocycles. The van der Waals surface area contributed by atoms with Crippen molar-refractivity contribution < 1.29 is 0 Å². The normalized spacial score (nSPS) is 21.3. The van der Waals surface area contributed by atoms with Crippen LogP contribution in [0.1, 0.15) is 25.8 Å². The molecule has 4 heteroatoms. The summed E-state index contributed by atoms with van der Waals surface area (Å²) in [6.45, 7) is 9.14. The number of aromatic nitrogens is 2. The van der Waals surface area contributed by atoms with Gasteiger partial charge in [0.05, 0.1) is 11.0 Å². The molecule has 2 atom stereocenters. The zero-order valence-corrected chi connectivity index (χ0v) is 15.7. The highest BCUT2D eigenvalue weighted by Gasteiger charge is 2.24. The Labute approximate surface area is 155 Å². The Morgan fingerprint density at radius 2 is 1.96 bits per heavy atom. The van der Waals surface area contributed by atoms with Crippen molar-refractivity contribution >= 4 is 11.0 Å². The zero-order valence-electron chi connectivity index (χ0n) is 15.7. The number of nitrogens with one attached hydrogen (secondary N) is 2. The van der Waals surface area contributed by atoms with Gasteiger partial charge >= 0.3 is 0 Å². The number of para-hydroxylation sites is 2. The number of benzene rings is 2. The maximum absolute atomic E-state index is 4.68. The molecular formula is C22H28N4. The molecule has 2 heterocycles. The van der Waals surface area contributed by atoms with E-state index in [4.69, 9.17) is 0 Å². The molecule has 0 unspecified atom stereocenters. The lowest BCUT2D eigenvalue weighted by molar-refractivity contribution is 0.153. The SMILES string of the molecule is CCN1CC[C@@H](NCc2ccc(-c3nc4ccccc4[nH]3)cc2)[C@H](C)C1. The topological polar surface area (TPSA) is 44.0 Å². The predicted octanol–water partition coefficient (Wildman–Crippen LogP) is 4.05. The molecule has 1 aromatic heterocycles. The first-order valence-electron chi connectivity index (χ1n) is 9.72. The van der Waals surface area contributed by atoms with Crippen molar-refractivity contribution in [2.24, 2.45) is 5.92 Å². The van der Waals surface area contributed by atoms with Crippen LogP contribution in [0, 0.1) is 5.92 Å². The van der Waals surface area contributed by atoms with Crippen LogP contribution < -0.4 is 5.32 Å². The first-order chi connectivity index (χ1) is 12.7. The highest BCUT2D eigenvalue weighted by atomic mass is 15.1. The quantitative estimate of drug-likeness (QED) is 0.731. The molecule has 1 fully saturated rings. The van der Waals surface area contributed by atoms with Gasteiger partial charge in [0.25, 0.3) is 0 Å². The minimum Gasteiger partial charge on any atom is -0.338 e. The van der Waals surface area contributed by atoms with Crippen LogP contribution in [-0.4, -0.2) is 40.5 Å². The third-order valence-corrected chi connectivity index (χ3v) is 5.62. The van der Waals surface area contributed by atoms with Crippen molar-refractivity contribution in [3.05, 3.63) is 54.1 Å². The lowest BCUT2D eigenvalue weighted by atomic mass is 9.93. The molecule has 2 aromatic carbocycles. The van der Waals surface area contributed by atoms with Crippen LogP contribution in [0.2, 0.25) is 0 Å². The highest BCUT2D eigenvalue weighted by molar-refractivity contribution is 5.79. The van der Waals surface area contributed by atoms with Crippen LogP contribution in [0.5, 0.6) is 0 Å². The molecule has 1 aliphatic rings. The Hall–Kier alpha value is -2.17. The number of hydrogen-bond donors (Lipinski definition) is 2. The molecule has 0 amide bonds. The molecular weight excluding hydrogens is 320 g/mol. The lowest BCUT2D eigenvalue weighted by Gasteiger charge is -2.37. The van der Waals surface area contributed by atoms with Gasteiger partial charge < -0.3 is 15.2 Å². The fourth-order valence-electron chi connectivity index (χ4n) is 3.94. The smallest absolute Gasteiger partial charge is 0.138 e. The summed E-state index contributed by atoms with van der Waals surface area (Å²) in [7, 11) is 0. The number of hydrogen-bond acceptors (Lipinski definition) is 3. The van der Waals surface area contributed by atoms with Crippen molar-refractivity contribution in [1.82, 2.24) is 20.2 Å². The fourth-order valence-corrected chi connectivity index (χ4v) is 3.94. The summed E-state index contributed by atoms with van der Waals surface area (Å²) in [4.78, 5) is 10.6. The number of H-pyrrole nitrogens is 1. The monoisotopic (exact) mass is 348 g/mol. The third kappa shape index (κ3) is 3.67. The number of nitrogens with zero attached hydrogens (tertiary/aromatic N) is 2. The van der Waals surface area contributed by atoms with Gasteiger partial charge in [0, 0.05) is 24.7 Å². The Morgan fingerprint density at radius 1 is 1.15 bits per heavy atom. The minimum atomic E-state index is 0.618. The largest absolute Gasteiger partial charge is 0.338 e. The summed E-state index contributed by atoms with van der Waals surface area (Å²) in [5.74, 6) is 1.64. The van der Waals surface area contributed by atoms with Gasteiger partial charge in [0.2, 0.25) is 0 Å². The zero-order chi connectivity index (χ0) is 17.9. The summed E-state index contributed by atoms with van der Waals surface area (Å²) < 4.78 is 0. The molecule has 4 nitrogen and oxygen atoms in total. The highest BCUT2D eigenvalue weighted by Crippen LogP contribution is 2.21. The minimum absolute atomic E-state index is 0.618. The van der Waals surface area contributed by atoms with Crippen molar-refractivity contribution in [2.75, 3.05) is 19.6 Å². The van der Waals surface area contributed by atoms with E-state index in [1.807, 2.05) is 18.2 Å². The number of rotatable bonds is 5. The van der Waals surface area contributed by atoms with E-state index < -0.39 is 0 Å². The summed E-state index contributed by atoms with van der Waals surface area (Å²) in [5.41, 5.74) is 4.56. The van der Waals surface area contributed by atoms with Gasteiger partial charge in [-0.05, 0) is 43.1 Å². The van der Waals surface area contributed by atoms with Crippen LogP contribution in [0.4, 0.5) is 0 Å². The third-order valence-electron chi connectivity index (χ3n) is 5.62. The molecule has 0 radical (unpaired) electrons. The molecule has 26 heavy (non-hydrogen) atoms. The first-order valence-corrected chi connectivity index (χ1v) is 9.72. The van der Waals surface area contributed by atoms with E-state index in [1.165, 1.54) is 31.6 Å². The summed E-state index contributed by atoms with van der Waals surface area (Å²) in [6.07, 6.45) is 1.24. The van der Waals surface area contributed by atoms with Crippen LogP contribution in [-0.2, 0) is 6.54 Å². The van der Waals surface area contributed by atoms with Gasteiger partial charge in [0.1, 0.15) is 5.82 Å². The van der Waals surface area contributed by atoms with Crippen LogP contribution in [0.15, 0.2) is 48.5 Å². The number of fused-ring (bicyclic) bond motifs is 1. The molecule has 0 aliphatic carbocycles. The van der Waals surface area contributed by atoms with Gasteiger partial charge in [-0.25, -0.2) is 4.98 Å². The van der Waals surface area contributed by atoms with E-state index in [0.717, 1.165) is 29.0 Å². The Morgan fingerprint density at radius 3 is 2.69 bits per heavy atom. The molecule has 1 aliphatic heterocycles. The van der Waals surface area contributed by atoms with Crippen molar-refractivity contribution in [2.45, 2.75) is 32.9 Å².